The lowest BCUT2D eigenvalue weighted by atomic mass is 9.95. The quantitative estimate of drug-likeness (QED) is 0.407. The van der Waals surface area contributed by atoms with Gasteiger partial charge in [-0.2, -0.15) is 0 Å². The Kier molecular flexibility index (Phi) is 7.15. The molecule has 2 rings (SSSR count). The van der Waals surface area contributed by atoms with E-state index in [0.717, 1.165) is 23.9 Å². The van der Waals surface area contributed by atoms with Crippen LogP contribution in [0.1, 0.15) is 58.3 Å². The number of hydrogen-bond donors (Lipinski definition) is 4. The van der Waals surface area contributed by atoms with Crippen LogP contribution in [-0.4, -0.2) is 27.0 Å². The summed E-state index contributed by atoms with van der Waals surface area (Å²) in [5.41, 5.74) is 3.39. The predicted molar refractivity (Wildman–Crippen MR) is 99.4 cm³/mol. The van der Waals surface area contributed by atoms with Gasteiger partial charge in [0.05, 0.1) is 17.1 Å². The van der Waals surface area contributed by atoms with Crippen LogP contribution in [0.5, 0.6) is 0 Å². The topological polar surface area (TPSA) is 107 Å². The van der Waals surface area contributed by atoms with E-state index in [1.807, 2.05) is 45.0 Å². The van der Waals surface area contributed by atoms with E-state index >= 15 is 0 Å². The van der Waals surface area contributed by atoms with Gasteiger partial charge in [0.1, 0.15) is 5.82 Å². The molecule has 0 saturated carbocycles. The van der Waals surface area contributed by atoms with Crippen molar-refractivity contribution in [3.05, 3.63) is 30.1 Å². The SMILES string of the molecule is CCCC[C@H](CC(=O)NO)C(=O)N[C@@H](c1nc2ccccc2[nH]1)C(C)C. The summed E-state index contributed by atoms with van der Waals surface area (Å²) < 4.78 is 0. The Morgan fingerprint density at radius 1 is 1.27 bits per heavy atom. The molecular formula is C19H28N4O3. The number of nitrogens with one attached hydrogen (secondary N) is 3. The molecule has 4 N–H and O–H groups in total. The number of aromatic nitrogens is 2. The Bertz CT molecular complexity index is 708. The molecule has 0 bridgehead atoms. The van der Waals surface area contributed by atoms with E-state index in [-0.39, 0.29) is 24.3 Å². The molecule has 7 nitrogen and oxygen atoms in total. The first-order valence-electron chi connectivity index (χ1n) is 9.14. The summed E-state index contributed by atoms with van der Waals surface area (Å²) in [5.74, 6) is -0.395. The van der Waals surface area contributed by atoms with Gasteiger partial charge < -0.3 is 10.3 Å². The molecule has 0 fully saturated rings. The van der Waals surface area contributed by atoms with Crippen LogP contribution >= 0.6 is 0 Å². The number of fused-ring (bicyclic) bond motifs is 1. The smallest absolute Gasteiger partial charge is 0.244 e. The molecule has 0 spiro atoms. The third-order valence-electron chi connectivity index (χ3n) is 4.50. The Labute approximate surface area is 153 Å². The number of benzene rings is 1. The number of carbonyl (C=O) groups is 2. The second kappa shape index (κ2) is 9.33. The summed E-state index contributed by atoms with van der Waals surface area (Å²) >= 11 is 0. The number of hydroxylamine groups is 1. The Hall–Kier alpha value is -2.41. The lowest BCUT2D eigenvalue weighted by Gasteiger charge is -2.23. The van der Waals surface area contributed by atoms with E-state index in [1.165, 1.54) is 0 Å². The van der Waals surface area contributed by atoms with Crippen molar-refractivity contribution in [2.75, 3.05) is 0 Å². The van der Waals surface area contributed by atoms with Gasteiger partial charge in [0.15, 0.2) is 0 Å². The number of hydrogen-bond acceptors (Lipinski definition) is 4. The summed E-state index contributed by atoms with van der Waals surface area (Å²) in [7, 11) is 0. The van der Waals surface area contributed by atoms with E-state index < -0.39 is 11.8 Å². The summed E-state index contributed by atoms with van der Waals surface area (Å²) in [4.78, 5) is 32.2. The minimum absolute atomic E-state index is 0.0344. The molecular weight excluding hydrogens is 332 g/mol. The normalized spacial score (nSPS) is 13.6. The first-order valence-corrected chi connectivity index (χ1v) is 9.14. The maximum atomic E-state index is 12.8. The van der Waals surface area contributed by atoms with Crippen LogP contribution in [0.15, 0.2) is 24.3 Å². The molecule has 1 aromatic carbocycles. The lowest BCUT2D eigenvalue weighted by Crippen LogP contribution is -2.38. The van der Waals surface area contributed by atoms with E-state index in [1.54, 1.807) is 5.48 Å². The minimum atomic E-state index is -0.550. The van der Waals surface area contributed by atoms with Crippen molar-refractivity contribution >= 4 is 22.8 Å². The molecule has 0 saturated heterocycles. The number of unbranched alkanes of at least 4 members (excludes halogenated alkanes) is 1. The number of para-hydroxylation sites is 2. The van der Waals surface area contributed by atoms with Crippen LogP contribution in [0, 0.1) is 11.8 Å². The second-order valence-electron chi connectivity index (χ2n) is 6.95. The fourth-order valence-corrected chi connectivity index (χ4v) is 2.99. The minimum Gasteiger partial charge on any atom is -0.346 e. The predicted octanol–water partition coefficient (Wildman–Crippen LogP) is 3.08. The van der Waals surface area contributed by atoms with Crippen LogP contribution in [0.4, 0.5) is 0 Å². The molecule has 26 heavy (non-hydrogen) atoms. The number of carbonyl (C=O) groups excluding carboxylic acids is 2. The second-order valence-corrected chi connectivity index (χ2v) is 6.95. The van der Waals surface area contributed by atoms with E-state index in [2.05, 4.69) is 15.3 Å². The van der Waals surface area contributed by atoms with Crippen LogP contribution in [0.25, 0.3) is 11.0 Å². The molecule has 2 amide bonds. The van der Waals surface area contributed by atoms with Gasteiger partial charge in [-0.25, -0.2) is 10.5 Å². The highest BCUT2D eigenvalue weighted by atomic mass is 16.5. The van der Waals surface area contributed by atoms with Gasteiger partial charge in [-0.15, -0.1) is 0 Å². The highest BCUT2D eigenvalue weighted by Gasteiger charge is 2.27. The fourth-order valence-electron chi connectivity index (χ4n) is 2.99. The Morgan fingerprint density at radius 2 is 2.00 bits per heavy atom. The zero-order valence-electron chi connectivity index (χ0n) is 15.6. The van der Waals surface area contributed by atoms with Crippen LogP contribution in [-0.2, 0) is 9.59 Å². The third kappa shape index (κ3) is 5.05. The zero-order valence-corrected chi connectivity index (χ0v) is 15.6. The summed E-state index contributed by atoms with van der Waals surface area (Å²) in [6, 6.07) is 7.44. The summed E-state index contributed by atoms with van der Waals surface area (Å²) in [5, 5.41) is 11.8. The number of aromatic amines is 1. The molecule has 0 unspecified atom stereocenters. The molecule has 0 radical (unpaired) electrons. The standard InChI is InChI=1S/C19H28N4O3/c1-4-5-8-13(11-16(24)23-26)19(25)22-17(12(2)3)18-20-14-9-6-7-10-15(14)21-18/h6-7,9-10,12-13,17,26H,4-5,8,11H2,1-3H3,(H,20,21)(H,22,25)(H,23,24)/t13-,17-/m1/s1. The average molecular weight is 360 g/mol. The van der Waals surface area contributed by atoms with Crippen LogP contribution in [0.2, 0.25) is 0 Å². The summed E-state index contributed by atoms with van der Waals surface area (Å²) in [6.07, 6.45) is 2.34. The lowest BCUT2D eigenvalue weighted by molar-refractivity contribution is -0.135. The van der Waals surface area contributed by atoms with Gasteiger partial charge in [-0.3, -0.25) is 14.8 Å². The number of nitrogens with zero attached hydrogens (tertiary/aromatic N) is 1. The first kappa shape index (κ1) is 19.9. The maximum absolute atomic E-state index is 12.8. The van der Waals surface area contributed by atoms with Gasteiger partial charge in [0.2, 0.25) is 11.8 Å². The van der Waals surface area contributed by atoms with E-state index in [9.17, 15) is 9.59 Å². The van der Waals surface area contributed by atoms with Gasteiger partial charge >= 0.3 is 0 Å². The fraction of sp³-hybridized carbons (Fsp3) is 0.526. The number of amides is 2. The van der Waals surface area contributed by atoms with Crippen molar-refractivity contribution < 1.29 is 14.8 Å². The van der Waals surface area contributed by atoms with Gasteiger partial charge in [-0.05, 0) is 24.5 Å². The van der Waals surface area contributed by atoms with E-state index in [4.69, 9.17) is 5.21 Å². The van der Waals surface area contributed by atoms with E-state index in [0.29, 0.717) is 12.2 Å². The van der Waals surface area contributed by atoms with Crippen molar-refractivity contribution in [3.8, 4) is 0 Å². The first-order chi connectivity index (χ1) is 12.5. The highest BCUT2D eigenvalue weighted by molar-refractivity contribution is 5.85. The number of rotatable bonds is 9. The Balaban J connectivity index is 2.18. The molecule has 2 aromatic rings. The van der Waals surface area contributed by atoms with Crippen molar-refractivity contribution in [1.29, 1.82) is 0 Å². The zero-order chi connectivity index (χ0) is 19.1. The molecule has 1 aromatic heterocycles. The van der Waals surface area contributed by atoms with Gasteiger partial charge in [0, 0.05) is 12.3 Å². The summed E-state index contributed by atoms with van der Waals surface area (Å²) in [6.45, 7) is 6.06. The Morgan fingerprint density at radius 3 is 2.62 bits per heavy atom. The molecule has 0 aliphatic rings. The van der Waals surface area contributed by atoms with Crippen molar-refractivity contribution in [3.63, 3.8) is 0 Å². The number of imidazole rings is 1. The molecule has 7 heteroatoms. The van der Waals surface area contributed by atoms with Gasteiger partial charge in [-0.1, -0.05) is 45.7 Å². The maximum Gasteiger partial charge on any atom is 0.244 e. The molecule has 0 aliphatic heterocycles. The van der Waals surface area contributed by atoms with Crippen molar-refractivity contribution in [2.24, 2.45) is 11.8 Å². The highest BCUT2D eigenvalue weighted by Crippen LogP contribution is 2.24. The average Bonchev–Trinajstić information content (AvgIpc) is 3.05. The molecule has 2 atom stereocenters. The molecule has 1 heterocycles. The third-order valence-corrected chi connectivity index (χ3v) is 4.50. The molecule has 142 valence electrons. The molecule has 0 aliphatic carbocycles. The van der Waals surface area contributed by atoms with Crippen LogP contribution < -0.4 is 10.8 Å². The van der Waals surface area contributed by atoms with Crippen molar-refractivity contribution in [1.82, 2.24) is 20.8 Å². The van der Waals surface area contributed by atoms with Gasteiger partial charge in [0.25, 0.3) is 0 Å². The monoisotopic (exact) mass is 360 g/mol. The van der Waals surface area contributed by atoms with Crippen LogP contribution in [0.3, 0.4) is 0 Å². The van der Waals surface area contributed by atoms with Crippen molar-refractivity contribution in [2.45, 2.75) is 52.5 Å². The number of H-pyrrole nitrogens is 1. The largest absolute Gasteiger partial charge is 0.346 e.